The first-order chi connectivity index (χ1) is 10.6. The quantitative estimate of drug-likeness (QED) is 0.940. The van der Waals surface area contributed by atoms with Crippen LogP contribution in [0.1, 0.15) is 11.1 Å². The van der Waals surface area contributed by atoms with Gasteiger partial charge in [0.25, 0.3) is 5.91 Å². The van der Waals surface area contributed by atoms with Crippen molar-refractivity contribution in [3.63, 3.8) is 0 Å². The molecule has 1 amide bonds. The number of amides is 1. The highest BCUT2D eigenvalue weighted by atomic mass is 35.5. The molecule has 1 N–H and O–H groups in total. The molecule has 0 bridgehead atoms. The number of ether oxygens (including phenoxy) is 1. The molecule has 0 aliphatic rings. The van der Waals surface area contributed by atoms with Gasteiger partial charge in [-0.15, -0.1) is 0 Å². The third-order valence-corrected chi connectivity index (χ3v) is 2.96. The Morgan fingerprint density at radius 3 is 2.50 bits per heavy atom. The average molecular weight is 312 g/mol. The Balaban J connectivity index is 1.97. The average Bonchev–Trinajstić information content (AvgIpc) is 2.53. The van der Waals surface area contributed by atoms with Gasteiger partial charge in [-0.3, -0.25) is 4.79 Å². The molecule has 2 rings (SSSR count). The lowest BCUT2D eigenvalue weighted by Gasteiger charge is -2.09. The number of anilines is 1. The molecule has 2 aromatic carbocycles. The molecular formula is C16H10ClN3O2. The summed E-state index contributed by atoms with van der Waals surface area (Å²) in [5.41, 5.74) is 1.16. The number of hydrogen-bond acceptors (Lipinski definition) is 4. The van der Waals surface area contributed by atoms with Crippen LogP contribution in [0.25, 0.3) is 0 Å². The van der Waals surface area contributed by atoms with Crippen LogP contribution in [-0.2, 0) is 4.79 Å². The van der Waals surface area contributed by atoms with Crippen LogP contribution in [0.2, 0.25) is 5.02 Å². The number of nitrogens with zero attached hydrogens (tertiary/aromatic N) is 2. The SMILES string of the molecule is N#Cc1ccc(OCC(=O)Nc2cc(Cl)ccc2C#N)cc1. The molecule has 0 aromatic heterocycles. The van der Waals surface area contributed by atoms with Crippen molar-refractivity contribution in [1.82, 2.24) is 0 Å². The van der Waals surface area contributed by atoms with Crippen LogP contribution >= 0.6 is 11.6 Å². The van der Waals surface area contributed by atoms with E-state index in [1.807, 2.05) is 12.1 Å². The fourth-order valence-corrected chi connectivity index (χ4v) is 1.85. The zero-order valence-corrected chi connectivity index (χ0v) is 12.1. The van der Waals surface area contributed by atoms with Gasteiger partial charge in [-0.1, -0.05) is 11.6 Å². The molecule has 0 spiro atoms. The number of carbonyl (C=O) groups excluding carboxylic acids is 1. The van der Waals surface area contributed by atoms with E-state index in [0.29, 0.717) is 27.6 Å². The van der Waals surface area contributed by atoms with E-state index in [9.17, 15) is 4.79 Å². The van der Waals surface area contributed by atoms with E-state index in [1.54, 1.807) is 30.3 Å². The Bertz CT molecular complexity index is 773. The van der Waals surface area contributed by atoms with Gasteiger partial charge in [0.15, 0.2) is 6.61 Å². The topological polar surface area (TPSA) is 85.9 Å². The van der Waals surface area contributed by atoms with E-state index in [-0.39, 0.29) is 6.61 Å². The van der Waals surface area contributed by atoms with Crippen molar-refractivity contribution in [1.29, 1.82) is 10.5 Å². The van der Waals surface area contributed by atoms with Crippen LogP contribution in [0.4, 0.5) is 5.69 Å². The monoisotopic (exact) mass is 311 g/mol. The maximum atomic E-state index is 11.8. The molecule has 0 atom stereocenters. The Labute approximate surface area is 132 Å². The first-order valence-electron chi connectivity index (χ1n) is 6.25. The number of hydrogen-bond donors (Lipinski definition) is 1. The van der Waals surface area contributed by atoms with Crippen molar-refractivity contribution in [2.24, 2.45) is 0 Å². The minimum atomic E-state index is -0.414. The van der Waals surface area contributed by atoms with Crippen LogP contribution in [-0.4, -0.2) is 12.5 Å². The molecule has 0 aliphatic carbocycles. The number of carbonyl (C=O) groups is 1. The minimum Gasteiger partial charge on any atom is -0.484 e. The van der Waals surface area contributed by atoms with E-state index in [0.717, 1.165) is 0 Å². The normalized spacial score (nSPS) is 9.41. The van der Waals surface area contributed by atoms with Gasteiger partial charge in [0.1, 0.15) is 11.8 Å². The van der Waals surface area contributed by atoms with Gasteiger partial charge in [-0.05, 0) is 42.5 Å². The number of rotatable bonds is 4. The maximum absolute atomic E-state index is 11.8. The first-order valence-corrected chi connectivity index (χ1v) is 6.62. The van der Waals surface area contributed by atoms with E-state index in [1.165, 1.54) is 12.1 Å². The zero-order chi connectivity index (χ0) is 15.9. The molecule has 0 heterocycles. The number of benzene rings is 2. The van der Waals surface area contributed by atoms with Crippen molar-refractivity contribution < 1.29 is 9.53 Å². The zero-order valence-electron chi connectivity index (χ0n) is 11.3. The fourth-order valence-electron chi connectivity index (χ4n) is 1.68. The molecule has 0 unspecified atom stereocenters. The van der Waals surface area contributed by atoms with Crippen molar-refractivity contribution in [3.05, 3.63) is 58.6 Å². The number of halogens is 1. The summed E-state index contributed by atoms with van der Waals surface area (Å²) in [4.78, 5) is 11.8. The Hall–Kier alpha value is -3.02. The predicted molar refractivity (Wildman–Crippen MR) is 81.4 cm³/mol. The third kappa shape index (κ3) is 3.99. The maximum Gasteiger partial charge on any atom is 0.262 e. The van der Waals surface area contributed by atoms with E-state index >= 15 is 0 Å². The lowest BCUT2D eigenvalue weighted by atomic mass is 10.2. The molecule has 0 saturated heterocycles. The fraction of sp³-hybridized carbons (Fsp3) is 0.0625. The lowest BCUT2D eigenvalue weighted by molar-refractivity contribution is -0.118. The second kappa shape index (κ2) is 7.12. The molecule has 108 valence electrons. The van der Waals surface area contributed by atoms with E-state index in [2.05, 4.69) is 5.32 Å². The van der Waals surface area contributed by atoms with Gasteiger partial charge in [0.05, 0.1) is 22.9 Å². The molecule has 5 nitrogen and oxygen atoms in total. The van der Waals surface area contributed by atoms with Gasteiger partial charge in [0, 0.05) is 5.02 Å². The summed E-state index contributed by atoms with van der Waals surface area (Å²) in [6, 6.07) is 15.0. The predicted octanol–water partition coefficient (Wildman–Crippen LogP) is 3.10. The molecule has 6 heteroatoms. The Morgan fingerprint density at radius 2 is 1.86 bits per heavy atom. The summed E-state index contributed by atoms with van der Waals surface area (Å²) in [6.07, 6.45) is 0. The van der Waals surface area contributed by atoms with Crippen molar-refractivity contribution >= 4 is 23.2 Å². The summed E-state index contributed by atoms with van der Waals surface area (Å²) in [7, 11) is 0. The number of nitrogens with one attached hydrogen (secondary N) is 1. The second-order valence-corrected chi connectivity index (χ2v) is 4.71. The summed E-state index contributed by atoms with van der Waals surface area (Å²) < 4.78 is 5.31. The minimum absolute atomic E-state index is 0.219. The van der Waals surface area contributed by atoms with E-state index < -0.39 is 5.91 Å². The van der Waals surface area contributed by atoms with Crippen LogP contribution < -0.4 is 10.1 Å². The van der Waals surface area contributed by atoms with E-state index in [4.69, 9.17) is 26.9 Å². The largest absolute Gasteiger partial charge is 0.484 e. The van der Waals surface area contributed by atoms with Crippen LogP contribution in [0.5, 0.6) is 5.75 Å². The molecule has 0 fully saturated rings. The first kappa shape index (κ1) is 15.4. The highest BCUT2D eigenvalue weighted by Gasteiger charge is 2.08. The Kier molecular flexibility index (Phi) is 4.98. The molecule has 0 aliphatic heterocycles. The van der Waals surface area contributed by atoms with Crippen LogP contribution in [0.3, 0.4) is 0 Å². The molecule has 22 heavy (non-hydrogen) atoms. The van der Waals surface area contributed by atoms with Gasteiger partial charge in [-0.2, -0.15) is 10.5 Å². The molecule has 0 radical (unpaired) electrons. The summed E-state index contributed by atoms with van der Waals surface area (Å²) in [6.45, 7) is -0.219. The van der Waals surface area contributed by atoms with Crippen LogP contribution in [0.15, 0.2) is 42.5 Å². The van der Waals surface area contributed by atoms with Crippen molar-refractivity contribution in [2.45, 2.75) is 0 Å². The van der Waals surface area contributed by atoms with Gasteiger partial charge in [0.2, 0.25) is 0 Å². The highest BCUT2D eigenvalue weighted by Crippen LogP contribution is 2.20. The summed E-state index contributed by atoms with van der Waals surface area (Å²) >= 11 is 5.84. The van der Waals surface area contributed by atoms with Crippen LogP contribution in [0, 0.1) is 22.7 Å². The standard InChI is InChI=1S/C16H10ClN3O2/c17-13-4-3-12(9-19)15(7-13)20-16(21)10-22-14-5-1-11(8-18)2-6-14/h1-7H,10H2,(H,20,21). The van der Waals surface area contributed by atoms with Crippen molar-refractivity contribution in [2.75, 3.05) is 11.9 Å². The highest BCUT2D eigenvalue weighted by molar-refractivity contribution is 6.31. The molecule has 0 saturated carbocycles. The van der Waals surface area contributed by atoms with Crippen molar-refractivity contribution in [3.8, 4) is 17.9 Å². The number of nitriles is 2. The summed E-state index contributed by atoms with van der Waals surface area (Å²) in [5, 5.41) is 20.7. The van der Waals surface area contributed by atoms with Gasteiger partial charge in [-0.25, -0.2) is 0 Å². The Morgan fingerprint density at radius 1 is 1.14 bits per heavy atom. The molecule has 2 aromatic rings. The lowest BCUT2D eigenvalue weighted by Crippen LogP contribution is -2.20. The summed E-state index contributed by atoms with van der Waals surface area (Å²) in [5.74, 6) is 0.0591. The van der Waals surface area contributed by atoms with Gasteiger partial charge >= 0.3 is 0 Å². The van der Waals surface area contributed by atoms with Gasteiger partial charge < -0.3 is 10.1 Å². The third-order valence-electron chi connectivity index (χ3n) is 2.73. The smallest absolute Gasteiger partial charge is 0.262 e. The molecular weight excluding hydrogens is 302 g/mol. The second-order valence-electron chi connectivity index (χ2n) is 4.27.